The third-order valence-corrected chi connectivity index (χ3v) is 1.96. The number of isocyanates is 1. The highest BCUT2D eigenvalue weighted by atomic mass is 35.5. The van der Waals surface area contributed by atoms with E-state index >= 15 is 0 Å². The van der Waals surface area contributed by atoms with E-state index in [4.69, 9.17) is 23.2 Å². The summed E-state index contributed by atoms with van der Waals surface area (Å²) in [6, 6.07) is 1.69. The van der Waals surface area contributed by atoms with Gasteiger partial charge in [0, 0.05) is 12.1 Å². The van der Waals surface area contributed by atoms with E-state index in [0.29, 0.717) is 0 Å². The summed E-state index contributed by atoms with van der Waals surface area (Å²) in [7, 11) is 0. The molecule has 0 heterocycles. The SMILES string of the molecule is O=C=Nc1c(Cl)cc(OC(F)(F)F)cc1Cl. The third-order valence-electron chi connectivity index (χ3n) is 1.38. The molecule has 0 aliphatic carbocycles. The van der Waals surface area contributed by atoms with Crippen LogP contribution in [0.4, 0.5) is 18.9 Å². The van der Waals surface area contributed by atoms with Gasteiger partial charge in [0.05, 0.1) is 10.0 Å². The molecule has 1 rings (SSSR count). The molecule has 1 aromatic carbocycles. The van der Waals surface area contributed by atoms with Gasteiger partial charge in [0.2, 0.25) is 6.08 Å². The van der Waals surface area contributed by atoms with Crippen molar-refractivity contribution in [3.05, 3.63) is 22.2 Å². The average Bonchev–Trinajstić information content (AvgIpc) is 2.08. The maximum atomic E-state index is 11.9. The van der Waals surface area contributed by atoms with E-state index in [1.807, 2.05) is 0 Å². The van der Waals surface area contributed by atoms with E-state index < -0.39 is 12.1 Å². The van der Waals surface area contributed by atoms with Gasteiger partial charge in [0.15, 0.2) is 0 Å². The Hall–Kier alpha value is -1.23. The monoisotopic (exact) mass is 271 g/mol. The normalized spacial score (nSPS) is 10.8. The lowest BCUT2D eigenvalue weighted by atomic mass is 10.3. The maximum absolute atomic E-state index is 11.9. The molecule has 0 atom stereocenters. The van der Waals surface area contributed by atoms with Crippen molar-refractivity contribution >= 4 is 35.0 Å². The summed E-state index contributed by atoms with van der Waals surface area (Å²) in [4.78, 5) is 13.1. The van der Waals surface area contributed by atoms with Gasteiger partial charge in [0.1, 0.15) is 11.4 Å². The van der Waals surface area contributed by atoms with Crippen molar-refractivity contribution in [2.24, 2.45) is 4.99 Å². The summed E-state index contributed by atoms with van der Waals surface area (Å²) in [5, 5.41) is -0.481. The number of rotatable bonds is 2. The van der Waals surface area contributed by atoms with Gasteiger partial charge in [-0.05, 0) is 0 Å². The largest absolute Gasteiger partial charge is 0.573 e. The van der Waals surface area contributed by atoms with Crippen LogP contribution in [0.15, 0.2) is 17.1 Å². The highest BCUT2D eigenvalue weighted by Gasteiger charge is 2.31. The number of ether oxygens (including phenoxy) is 1. The highest BCUT2D eigenvalue weighted by Crippen LogP contribution is 2.38. The van der Waals surface area contributed by atoms with Crippen molar-refractivity contribution in [2.75, 3.05) is 0 Å². The minimum Gasteiger partial charge on any atom is -0.406 e. The first kappa shape index (κ1) is 12.8. The zero-order valence-electron chi connectivity index (χ0n) is 7.31. The number of carbonyl (C=O) groups excluding carboxylic acids is 1. The van der Waals surface area contributed by atoms with Crippen LogP contribution in [-0.2, 0) is 4.79 Å². The first-order valence-corrected chi connectivity index (χ1v) is 4.42. The molecule has 86 valence electrons. The number of nitrogens with zero attached hydrogens (tertiary/aromatic N) is 1. The second-order valence-corrected chi connectivity index (χ2v) is 3.30. The lowest BCUT2D eigenvalue weighted by Gasteiger charge is -2.10. The predicted octanol–water partition coefficient (Wildman–Crippen LogP) is 3.86. The molecule has 0 N–H and O–H groups in total. The van der Waals surface area contributed by atoms with Gasteiger partial charge >= 0.3 is 6.36 Å². The molecule has 0 unspecified atom stereocenters. The molecule has 3 nitrogen and oxygen atoms in total. The number of hydrogen-bond donors (Lipinski definition) is 0. The highest BCUT2D eigenvalue weighted by molar-refractivity contribution is 6.39. The molecule has 0 fully saturated rings. The second-order valence-electron chi connectivity index (χ2n) is 2.49. The second kappa shape index (κ2) is 4.74. The Morgan fingerprint density at radius 3 is 2.12 bits per heavy atom. The molecule has 0 spiro atoms. The Labute approximate surface area is 97.4 Å². The molecular formula is C8H2Cl2F3NO2. The van der Waals surface area contributed by atoms with Gasteiger partial charge in [-0.2, -0.15) is 4.99 Å². The third kappa shape index (κ3) is 3.41. The van der Waals surface area contributed by atoms with E-state index in [-0.39, 0.29) is 15.7 Å². The molecule has 0 saturated carbocycles. The fourth-order valence-electron chi connectivity index (χ4n) is 0.887. The Morgan fingerprint density at radius 1 is 1.25 bits per heavy atom. The van der Waals surface area contributed by atoms with Gasteiger partial charge in [0.25, 0.3) is 0 Å². The fourth-order valence-corrected chi connectivity index (χ4v) is 1.44. The summed E-state index contributed by atoms with van der Waals surface area (Å²) in [6.07, 6.45) is -3.67. The summed E-state index contributed by atoms with van der Waals surface area (Å²) < 4.78 is 39.2. The first-order valence-electron chi connectivity index (χ1n) is 3.66. The van der Waals surface area contributed by atoms with Crippen molar-refractivity contribution in [3.63, 3.8) is 0 Å². The van der Waals surface area contributed by atoms with Crippen LogP contribution in [0.2, 0.25) is 10.0 Å². The van der Waals surface area contributed by atoms with Gasteiger partial charge in [-0.3, -0.25) is 0 Å². The Morgan fingerprint density at radius 2 is 1.75 bits per heavy atom. The van der Waals surface area contributed by atoms with Crippen LogP contribution in [-0.4, -0.2) is 12.4 Å². The van der Waals surface area contributed by atoms with E-state index in [9.17, 15) is 18.0 Å². The fraction of sp³-hybridized carbons (Fsp3) is 0.125. The van der Waals surface area contributed by atoms with Gasteiger partial charge < -0.3 is 4.74 Å². The first-order chi connectivity index (χ1) is 7.33. The zero-order valence-corrected chi connectivity index (χ0v) is 8.82. The van der Waals surface area contributed by atoms with Crippen LogP contribution in [0.1, 0.15) is 0 Å². The quantitative estimate of drug-likeness (QED) is 0.605. The van der Waals surface area contributed by atoms with Gasteiger partial charge in [-0.25, -0.2) is 4.79 Å². The molecule has 1 aromatic rings. The summed E-state index contributed by atoms with van der Waals surface area (Å²) >= 11 is 11.1. The van der Waals surface area contributed by atoms with Crippen LogP contribution in [0.5, 0.6) is 5.75 Å². The van der Waals surface area contributed by atoms with Crippen LogP contribution in [0, 0.1) is 0 Å². The zero-order chi connectivity index (χ0) is 12.3. The maximum Gasteiger partial charge on any atom is 0.573 e. The molecule has 8 heteroatoms. The molecule has 0 aliphatic rings. The van der Waals surface area contributed by atoms with Crippen molar-refractivity contribution in [3.8, 4) is 5.75 Å². The molecule has 0 aliphatic heterocycles. The predicted molar refractivity (Wildman–Crippen MR) is 50.9 cm³/mol. The Bertz CT molecular complexity index is 432. The van der Waals surface area contributed by atoms with E-state index in [2.05, 4.69) is 9.73 Å². The molecule has 0 amide bonds. The number of hydrogen-bond acceptors (Lipinski definition) is 3. The van der Waals surface area contributed by atoms with Crippen LogP contribution < -0.4 is 4.74 Å². The molecule has 0 saturated heterocycles. The summed E-state index contributed by atoms with van der Waals surface area (Å²) in [5.41, 5.74) is -0.159. The van der Waals surface area contributed by atoms with Crippen LogP contribution in [0.25, 0.3) is 0 Å². The van der Waals surface area contributed by atoms with E-state index in [0.717, 1.165) is 12.1 Å². The smallest absolute Gasteiger partial charge is 0.406 e. The van der Waals surface area contributed by atoms with Crippen molar-refractivity contribution in [2.45, 2.75) is 6.36 Å². The lowest BCUT2D eigenvalue weighted by molar-refractivity contribution is -0.274. The number of alkyl halides is 3. The molecule has 0 aromatic heterocycles. The van der Waals surface area contributed by atoms with Gasteiger partial charge in [-0.15, -0.1) is 13.2 Å². The standard InChI is InChI=1S/C8H2Cl2F3NO2/c9-5-1-4(16-8(11,12)13)2-6(10)7(5)14-3-15/h1-2H. The number of benzene rings is 1. The molecule has 0 bridgehead atoms. The van der Waals surface area contributed by atoms with E-state index in [1.165, 1.54) is 6.08 Å². The van der Waals surface area contributed by atoms with E-state index in [1.54, 1.807) is 0 Å². The minimum absolute atomic E-state index is 0.159. The van der Waals surface area contributed by atoms with Crippen molar-refractivity contribution < 1.29 is 22.7 Å². The topological polar surface area (TPSA) is 38.7 Å². The molecule has 0 radical (unpaired) electrons. The minimum atomic E-state index is -4.85. The van der Waals surface area contributed by atoms with Crippen LogP contribution in [0.3, 0.4) is 0 Å². The van der Waals surface area contributed by atoms with Gasteiger partial charge in [-0.1, -0.05) is 23.2 Å². The molecule has 16 heavy (non-hydrogen) atoms. The summed E-state index contributed by atoms with van der Waals surface area (Å²) in [5.74, 6) is -0.590. The Balaban J connectivity index is 3.14. The lowest BCUT2D eigenvalue weighted by Crippen LogP contribution is -2.17. The summed E-state index contributed by atoms with van der Waals surface area (Å²) in [6.45, 7) is 0. The molecular weight excluding hydrogens is 270 g/mol. The van der Waals surface area contributed by atoms with Crippen molar-refractivity contribution in [1.82, 2.24) is 0 Å². The van der Waals surface area contributed by atoms with Crippen LogP contribution >= 0.6 is 23.2 Å². The Kier molecular flexibility index (Phi) is 3.80. The van der Waals surface area contributed by atoms with Crippen molar-refractivity contribution in [1.29, 1.82) is 0 Å². The average molecular weight is 272 g/mol. The number of aliphatic imine (C=N–C) groups is 1. The number of halogens is 5.